The summed E-state index contributed by atoms with van der Waals surface area (Å²) < 4.78 is 0. The number of carboxylic acid groups (broad SMARTS) is 1. The van der Waals surface area contributed by atoms with Crippen molar-refractivity contribution in [2.24, 2.45) is 0 Å². The molecule has 4 heteroatoms. The van der Waals surface area contributed by atoms with Crippen LogP contribution >= 0.6 is 0 Å². The smallest absolute Gasteiger partial charge is 0.305 e. The molecule has 19 heavy (non-hydrogen) atoms. The Morgan fingerprint density at radius 1 is 1.32 bits per heavy atom. The Bertz CT molecular complexity index is 506. The quantitative estimate of drug-likeness (QED) is 0.881. The molecule has 1 aliphatic carbocycles. The Kier molecular flexibility index (Phi) is 3.60. The molecule has 1 N–H and O–H groups in total. The van der Waals surface area contributed by atoms with Gasteiger partial charge in [0, 0.05) is 13.6 Å². The molecule has 1 amide bonds. The van der Waals surface area contributed by atoms with Gasteiger partial charge in [-0.25, -0.2) is 0 Å². The van der Waals surface area contributed by atoms with Crippen LogP contribution in [0.1, 0.15) is 30.4 Å². The maximum Gasteiger partial charge on any atom is 0.305 e. The Balaban J connectivity index is 2.15. The minimum Gasteiger partial charge on any atom is -0.481 e. The van der Waals surface area contributed by atoms with Gasteiger partial charge in [-0.05, 0) is 30.9 Å². The summed E-state index contributed by atoms with van der Waals surface area (Å²) in [7, 11) is 1.68. The van der Waals surface area contributed by atoms with E-state index >= 15 is 0 Å². The molecule has 1 saturated carbocycles. The van der Waals surface area contributed by atoms with Gasteiger partial charge < -0.3 is 10.0 Å². The molecule has 0 bridgehead atoms. The third-order valence-electron chi connectivity index (χ3n) is 3.83. The maximum atomic E-state index is 12.5. The van der Waals surface area contributed by atoms with E-state index < -0.39 is 11.4 Å². The largest absolute Gasteiger partial charge is 0.481 e. The predicted molar refractivity (Wildman–Crippen MR) is 72.0 cm³/mol. The Labute approximate surface area is 113 Å². The summed E-state index contributed by atoms with van der Waals surface area (Å²) in [6, 6.07) is 7.94. The van der Waals surface area contributed by atoms with E-state index in [2.05, 4.69) is 0 Å². The lowest BCUT2D eigenvalue weighted by molar-refractivity contribution is -0.138. The second-order valence-corrected chi connectivity index (χ2v) is 5.27. The van der Waals surface area contributed by atoms with Crippen LogP contribution in [0.2, 0.25) is 0 Å². The number of carboxylic acids is 1. The van der Waals surface area contributed by atoms with Gasteiger partial charge in [-0.2, -0.15) is 0 Å². The first-order valence-corrected chi connectivity index (χ1v) is 6.51. The number of amides is 1. The molecule has 1 fully saturated rings. The first kappa shape index (κ1) is 13.6. The molecule has 4 nitrogen and oxygen atoms in total. The number of hydrogen-bond acceptors (Lipinski definition) is 2. The number of likely N-dealkylation sites (N-methyl/N-ethyl adjacent to an activating group) is 1. The monoisotopic (exact) mass is 261 g/mol. The van der Waals surface area contributed by atoms with E-state index in [1.54, 1.807) is 11.9 Å². The number of benzene rings is 1. The molecule has 0 atom stereocenters. The summed E-state index contributed by atoms with van der Waals surface area (Å²) in [6.07, 6.45) is 1.70. The third kappa shape index (κ3) is 2.62. The van der Waals surface area contributed by atoms with E-state index in [1.807, 2.05) is 31.2 Å². The van der Waals surface area contributed by atoms with E-state index in [-0.39, 0.29) is 18.9 Å². The van der Waals surface area contributed by atoms with Gasteiger partial charge in [-0.15, -0.1) is 0 Å². The summed E-state index contributed by atoms with van der Waals surface area (Å²) in [5.74, 6) is -0.830. The molecule has 0 aliphatic heterocycles. The molecule has 0 heterocycles. The number of aryl methyl sites for hydroxylation is 1. The molecule has 0 aromatic heterocycles. The average molecular weight is 261 g/mol. The fourth-order valence-corrected chi connectivity index (χ4v) is 2.56. The highest BCUT2D eigenvalue weighted by Crippen LogP contribution is 2.50. The third-order valence-corrected chi connectivity index (χ3v) is 3.83. The summed E-state index contributed by atoms with van der Waals surface area (Å²) in [6.45, 7) is 2.28. The van der Waals surface area contributed by atoms with Crippen molar-refractivity contribution in [1.82, 2.24) is 4.90 Å². The Hall–Kier alpha value is -1.84. The van der Waals surface area contributed by atoms with Gasteiger partial charge in [0.25, 0.3) is 0 Å². The van der Waals surface area contributed by atoms with Crippen molar-refractivity contribution in [2.45, 2.75) is 31.6 Å². The fourth-order valence-electron chi connectivity index (χ4n) is 2.56. The molecular formula is C15H19NO3. The van der Waals surface area contributed by atoms with Gasteiger partial charge in [0.05, 0.1) is 11.8 Å². The molecule has 0 unspecified atom stereocenters. The summed E-state index contributed by atoms with van der Waals surface area (Å²) in [4.78, 5) is 24.7. The van der Waals surface area contributed by atoms with Crippen LogP contribution in [0.5, 0.6) is 0 Å². The van der Waals surface area contributed by atoms with E-state index in [4.69, 9.17) is 5.11 Å². The number of aliphatic carboxylic acids is 1. The minimum absolute atomic E-state index is 0.00785. The number of rotatable bonds is 5. The zero-order valence-corrected chi connectivity index (χ0v) is 11.3. The SMILES string of the molecule is Cc1ccccc1C1(C(=O)N(C)CCC(=O)O)CC1. The molecular weight excluding hydrogens is 242 g/mol. The summed E-state index contributed by atoms with van der Waals surface area (Å²) in [5, 5.41) is 8.69. The van der Waals surface area contributed by atoms with E-state index in [0.717, 1.165) is 24.0 Å². The summed E-state index contributed by atoms with van der Waals surface area (Å²) >= 11 is 0. The van der Waals surface area contributed by atoms with Crippen LogP contribution in [0.3, 0.4) is 0 Å². The van der Waals surface area contributed by atoms with Gasteiger partial charge in [0.1, 0.15) is 0 Å². The second kappa shape index (κ2) is 5.03. The highest BCUT2D eigenvalue weighted by Gasteiger charge is 2.52. The van der Waals surface area contributed by atoms with Crippen molar-refractivity contribution in [1.29, 1.82) is 0 Å². The maximum absolute atomic E-state index is 12.5. The normalized spacial score (nSPS) is 15.9. The molecule has 0 spiro atoms. The number of carbonyl (C=O) groups excluding carboxylic acids is 1. The topological polar surface area (TPSA) is 57.6 Å². The Morgan fingerprint density at radius 2 is 1.95 bits per heavy atom. The number of hydrogen-bond donors (Lipinski definition) is 1. The zero-order valence-electron chi connectivity index (χ0n) is 11.3. The molecule has 0 radical (unpaired) electrons. The van der Waals surface area contributed by atoms with Gasteiger partial charge in [-0.1, -0.05) is 24.3 Å². The highest BCUT2D eigenvalue weighted by molar-refractivity contribution is 5.91. The predicted octanol–water partition coefficient (Wildman–Crippen LogP) is 1.96. The van der Waals surface area contributed by atoms with Gasteiger partial charge >= 0.3 is 5.97 Å². The zero-order chi connectivity index (χ0) is 14.0. The Morgan fingerprint density at radius 3 is 2.47 bits per heavy atom. The first-order chi connectivity index (χ1) is 8.97. The number of nitrogens with zero attached hydrogens (tertiary/aromatic N) is 1. The minimum atomic E-state index is -0.875. The summed E-state index contributed by atoms with van der Waals surface area (Å²) in [5.41, 5.74) is 1.81. The van der Waals surface area contributed by atoms with E-state index in [0.29, 0.717) is 0 Å². The van der Waals surface area contributed by atoms with Crippen LogP contribution in [-0.2, 0) is 15.0 Å². The molecule has 1 aromatic carbocycles. The fraction of sp³-hybridized carbons (Fsp3) is 0.467. The van der Waals surface area contributed by atoms with Crippen LogP contribution < -0.4 is 0 Å². The van der Waals surface area contributed by atoms with E-state index in [9.17, 15) is 9.59 Å². The second-order valence-electron chi connectivity index (χ2n) is 5.27. The van der Waals surface area contributed by atoms with Crippen molar-refractivity contribution < 1.29 is 14.7 Å². The van der Waals surface area contributed by atoms with Crippen LogP contribution in [0.25, 0.3) is 0 Å². The average Bonchev–Trinajstić information content (AvgIpc) is 3.17. The van der Waals surface area contributed by atoms with E-state index in [1.165, 1.54) is 0 Å². The molecule has 1 aliphatic rings. The van der Waals surface area contributed by atoms with Gasteiger partial charge in [0.2, 0.25) is 5.91 Å². The van der Waals surface area contributed by atoms with Crippen molar-refractivity contribution in [2.75, 3.05) is 13.6 Å². The number of carbonyl (C=O) groups is 2. The van der Waals surface area contributed by atoms with Crippen LogP contribution in [-0.4, -0.2) is 35.5 Å². The lowest BCUT2D eigenvalue weighted by atomic mass is 9.90. The lowest BCUT2D eigenvalue weighted by Crippen LogP contribution is -2.38. The first-order valence-electron chi connectivity index (χ1n) is 6.51. The van der Waals surface area contributed by atoms with Crippen molar-refractivity contribution in [3.05, 3.63) is 35.4 Å². The van der Waals surface area contributed by atoms with Crippen molar-refractivity contribution >= 4 is 11.9 Å². The molecule has 0 saturated heterocycles. The molecule has 102 valence electrons. The molecule has 1 aromatic rings. The van der Waals surface area contributed by atoms with Crippen molar-refractivity contribution in [3.63, 3.8) is 0 Å². The highest BCUT2D eigenvalue weighted by atomic mass is 16.4. The van der Waals surface area contributed by atoms with Crippen LogP contribution in [0, 0.1) is 6.92 Å². The van der Waals surface area contributed by atoms with Crippen LogP contribution in [0.4, 0.5) is 0 Å². The molecule has 2 rings (SSSR count). The van der Waals surface area contributed by atoms with Gasteiger partial charge in [-0.3, -0.25) is 9.59 Å². The lowest BCUT2D eigenvalue weighted by Gasteiger charge is -2.24. The van der Waals surface area contributed by atoms with Crippen LogP contribution in [0.15, 0.2) is 24.3 Å². The standard InChI is InChI=1S/C15H19NO3/c1-11-5-3-4-6-12(11)15(8-9-15)14(19)16(2)10-7-13(17)18/h3-6H,7-10H2,1-2H3,(H,17,18). The van der Waals surface area contributed by atoms with Gasteiger partial charge in [0.15, 0.2) is 0 Å². The van der Waals surface area contributed by atoms with Crippen molar-refractivity contribution in [3.8, 4) is 0 Å².